The van der Waals surface area contributed by atoms with Gasteiger partial charge in [0.2, 0.25) is 0 Å². The molecule has 40 heavy (non-hydrogen) atoms. The third-order valence-corrected chi connectivity index (χ3v) is 10.9. The van der Waals surface area contributed by atoms with Crippen molar-refractivity contribution in [2.24, 2.45) is 9.74 Å². The Morgan fingerprint density at radius 3 is 1.52 bits per heavy atom. The number of aliphatic imine (C=N–C) groups is 1. The van der Waals surface area contributed by atoms with Gasteiger partial charge in [0.05, 0.1) is 18.4 Å². The summed E-state index contributed by atoms with van der Waals surface area (Å²) in [7, 11) is -2.56. The molecule has 0 unspecified atom stereocenters. The van der Waals surface area contributed by atoms with E-state index in [2.05, 4.69) is 143 Å². The molecule has 0 radical (unpaired) electrons. The zero-order valence-electron chi connectivity index (χ0n) is 23.8. The molecule has 200 valence electrons. The summed E-state index contributed by atoms with van der Waals surface area (Å²) in [4.78, 5) is 5.09. The lowest BCUT2D eigenvalue weighted by molar-refractivity contribution is 0.835. The molecule has 0 aliphatic rings. The first-order valence-corrected chi connectivity index (χ1v) is 15.8. The number of para-hydroxylation sites is 1. The summed E-state index contributed by atoms with van der Waals surface area (Å²) < 4.78 is 6.00. The molecule has 0 fully saturated rings. The van der Waals surface area contributed by atoms with E-state index >= 15 is 0 Å². The Morgan fingerprint density at radius 2 is 1.00 bits per heavy atom. The maximum atomic E-state index is 6.00. The predicted octanol–water partition coefficient (Wildman–Crippen LogP) is 9.49. The fraction of sp³-hybridized carbons (Fsp3) is 0.162. The highest BCUT2D eigenvalue weighted by Gasteiger charge is 2.31. The van der Waals surface area contributed by atoms with Crippen molar-refractivity contribution in [3.8, 4) is 0 Å². The smallest absolute Gasteiger partial charge is 0.0727 e. The molecule has 3 heteroatoms. The molecule has 0 atom stereocenters. The van der Waals surface area contributed by atoms with Gasteiger partial charge in [-0.3, -0.25) is 9.74 Å². The van der Waals surface area contributed by atoms with Crippen LogP contribution in [-0.4, -0.2) is 6.21 Å². The van der Waals surface area contributed by atoms with Gasteiger partial charge in [0.1, 0.15) is 0 Å². The number of nitrogens with zero attached hydrogens (tertiary/aromatic N) is 2. The second-order valence-electron chi connectivity index (χ2n) is 10.7. The number of hydrogen-bond acceptors (Lipinski definition) is 2. The van der Waals surface area contributed by atoms with Crippen molar-refractivity contribution in [1.29, 1.82) is 0 Å². The van der Waals surface area contributed by atoms with Crippen molar-refractivity contribution in [2.45, 2.75) is 39.5 Å². The van der Waals surface area contributed by atoms with Gasteiger partial charge >= 0.3 is 0 Å². The van der Waals surface area contributed by atoms with Crippen LogP contribution in [0, 0.1) is 0 Å². The van der Waals surface area contributed by atoms with Crippen molar-refractivity contribution in [2.75, 3.05) is 0 Å². The van der Waals surface area contributed by atoms with Crippen LogP contribution in [0.4, 0.5) is 11.4 Å². The van der Waals surface area contributed by atoms with Crippen LogP contribution in [0.3, 0.4) is 0 Å². The average Bonchev–Trinajstić information content (AvgIpc) is 3.00. The van der Waals surface area contributed by atoms with E-state index in [1.807, 2.05) is 24.4 Å². The van der Waals surface area contributed by atoms with Gasteiger partial charge in [-0.15, -0.1) is 0 Å². The molecule has 0 aliphatic carbocycles. The van der Waals surface area contributed by atoms with E-state index < -0.39 is 7.05 Å². The van der Waals surface area contributed by atoms with Gasteiger partial charge in [-0.25, -0.2) is 0 Å². The average molecular weight is 541 g/mol. The van der Waals surface area contributed by atoms with Gasteiger partial charge in [-0.1, -0.05) is 155 Å². The SMILES string of the molecule is CC(C)c1cccc(C(C)C)c1N=P(c1ccccc1)(c1ccccc1)c1ccccc1N=Cc1ccccc1. The van der Waals surface area contributed by atoms with Crippen molar-refractivity contribution in [3.63, 3.8) is 0 Å². The van der Waals surface area contributed by atoms with Gasteiger partial charge in [0.25, 0.3) is 0 Å². The van der Waals surface area contributed by atoms with E-state index in [1.165, 1.54) is 21.7 Å². The summed E-state index contributed by atoms with van der Waals surface area (Å²) in [6, 6.07) is 47.2. The predicted molar refractivity (Wildman–Crippen MR) is 176 cm³/mol. The minimum Gasteiger partial charge on any atom is -0.256 e. The van der Waals surface area contributed by atoms with Gasteiger partial charge in [0, 0.05) is 22.1 Å². The second-order valence-corrected chi connectivity index (χ2v) is 13.6. The van der Waals surface area contributed by atoms with Crippen LogP contribution in [-0.2, 0) is 0 Å². The summed E-state index contributed by atoms with van der Waals surface area (Å²) in [6.45, 7) is 9.06. The van der Waals surface area contributed by atoms with Crippen LogP contribution >= 0.6 is 7.05 Å². The quantitative estimate of drug-likeness (QED) is 0.138. The molecule has 5 aromatic carbocycles. The van der Waals surface area contributed by atoms with E-state index in [0.29, 0.717) is 11.8 Å². The highest BCUT2D eigenvalue weighted by molar-refractivity contribution is 7.87. The van der Waals surface area contributed by atoms with Crippen molar-refractivity contribution in [1.82, 2.24) is 0 Å². The minimum atomic E-state index is -2.56. The molecule has 0 spiro atoms. The highest BCUT2D eigenvalue weighted by atomic mass is 31.2. The Labute approximate surface area is 239 Å². The minimum absolute atomic E-state index is 0.345. The van der Waals surface area contributed by atoms with E-state index in [4.69, 9.17) is 9.74 Å². The zero-order valence-corrected chi connectivity index (χ0v) is 24.7. The van der Waals surface area contributed by atoms with Crippen LogP contribution in [0.25, 0.3) is 0 Å². The van der Waals surface area contributed by atoms with Gasteiger partial charge in [-0.2, -0.15) is 0 Å². The molecule has 0 saturated carbocycles. The third kappa shape index (κ3) is 5.64. The van der Waals surface area contributed by atoms with Crippen LogP contribution in [0.5, 0.6) is 0 Å². The van der Waals surface area contributed by atoms with Crippen molar-refractivity contribution < 1.29 is 0 Å². The molecule has 0 bridgehead atoms. The normalized spacial score (nSPS) is 11.8. The van der Waals surface area contributed by atoms with Crippen LogP contribution < -0.4 is 15.9 Å². The Hall–Kier alpha value is -4.00. The summed E-state index contributed by atoms with van der Waals surface area (Å²) in [6.07, 6.45) is 1.96. The Morgan fingerprint density at radius 1 is 0.525 bits per heavy atom. The van der Waals surface area contributed by atoms with E-state index in [0.717, 1.165) is 22.2 Å². The second kappa shape index (κ2) is 12.5. The van der Waals surface area contributed by atoms with Crippen LogP contribution in [0.1, 0.15) is 56.2 Å². The first-order valence-electron chi connectivity index (χ1n) is 14.1. The van der Waals surface area contributed by atoms with Gasteiger partial charge < -0.3 is 0 Å². The Balaban J connectivity index is 1.93. The molecule has 0 heterocycles. The first-order chi connectivity index (χ1) is 19.5. The first kappa shape index (κ1) is 27.6. The standard InChI is InChI=1S/C37H37N2P/c1-28(2)33-23-16-24-34(29(3)4)37(33)39-40(31-19-10-6-11-20-31,32-21-12-7-13-22-32)36-26-15-14-25-35(36)38-27-30-17-8-5-9-18-30/h5-29H,1-4H3. The zero-order chi connectivity index (χ0) is 28.0. The molecule has 0 saturated heterocycles. The van der Waals surface area contributed by atoms with Crippen LogP contribution in [0.2, 0.25) is 0 Å². The largest absolute Gasteiger partial charge is 0.256 e. The molecule has 2 nitrogen and oxygen atoms in total. The summed E-state index contributed by atoms with van der Waals surface area (Å²) >= 11 is 0. The topological polar surface area (TPSA) is 24.7 Å². The van der Waals surface area contributed by atoms with Crippen LogP contribution in [0.15, 0.2) is 143 Å². The fourth-order valence-electron chi connectivity index (χ4n) is 5.19. The van der Waals surface area contributed by atoms with E-state index in [1.54, 1.807) is 0 Å². The molecular formula is C37H37N2P. The lowest BCUT2D eigenvalue weighted by Crippen LogP contribution is -2.25. The lowest BCUT2D eigenvalue weighted by atomic mass is 9.93. The van der Waals surface area contributed by atoms with Crippen molar-refractivity contribution in [3.05, 3.63) is 150 Å². The molecule has 0 N–H and O–H groups in total. The summed E-state index contributed by atoms with van der Waals surface area (Å²) in [5.41, 5.74) is 5.71. The number of hydrogen-bond donors (Lipinski definition) is 0. The van der Waals surface area contributed by atoms with Crippen molar-refractivity contribution >= 4 is 40.6 Å². The summed E-state index contributed by atoms with van der Waals surface area (Å²) in [5.74, 6) is 0.689. The third-order valence-electron chi connectivity index (χ3n) is 7.23. The molecule has 5 rings (SSSR count). The Kier molecular flexibility index (Phi) is 8.58. The molecule has 0 aliphatic heterocycles. The van der Waals surface area contributed by atoms with Gasteiger partial charge in [0.15, 0.2) is 0 Å². The highest BCUT2D eigenvalue weighted by Crippen LogP contribution is 2.53. The molecular weight excluding hydrogens is 503 g/mol. The maximum absolute atomic E-state index is 6.00. The van der Waals surface area contributed by atoms with E-state index in [-0.39, 0.29) is 0 Å². The van der Waals surface area contributed by atoms with E-state index in [9.17, 15) is 0 Å². The molecule has 0 amide bonds. The number of rotatable bonds is 8. The molecule has 5 aromatic rings. The number of benzene rings is 5. The monoisotopic (exact) mass is 540 g/mol. The Bertz CT molecular complexity index is 1570. The lowest BCUT2D eigenvalue weighted by Gasteiger charge is -2.29. The van der Waals surface area contributed by atoms with Gasteiger partial charge in [-0.05, 0) is 34.6 Å². The summed E-state index contributed by atoms with van der Waals surface area (Å²) in [5, 5.41) is 3.60. The maximum Gasteiger partial charge on any atom is 0.0727 e. The fourth-order valence-corrected chi connectivity index (χ4v) is 8.89. The molecule has 0 aromatic heterocycles.